The molecule has 0 aliphatic carbocycles. The van der Waals surface area contributed by atoms with Crippen LogP contribution in [0, 0.1) is 27.7 Å². The minimum absolute atomic E-state index is 0.202. The molecule has 0 unspecified atom stereocenters. The van der Waals surface area contributed by atoms with Gasteiger partial charge >= 0.3 is 0 Å². The topological polar surface area (TPSA) is 90.0 Å². The molecule has 1 atom stereocenters. The largest absolute Gasteiger partial charge is 0.360 e. The van der Waals surface area contributed by atoms with E-state index in [0.29, 0.717) is 23.3 Å². The number of nitrogens with one attached hydrogen (secondary N) is 1. The highest BCUT2D eigenvalue weighted by atomic mass is 16.5. The maximum atomic E-state index is 12.9. The second-order valence-electron chi connectivity index (χ2n) is 6.46. The van der Waals surface area contributed by atoms with Gasteiger partial charge < -0.3 is 9.84 Å². The lowest BCUT2D eigenvalue weighted by Crippen LogP contribution is -2.35. The molecule has 2 aromatic heterocycles. The molecule has 7 nitrogen and oxygen atoms in total. The molecule has 0 saturated heterocycles. The van der Waals surface area contributed by atoms with Gasteiger partial charge in [0, 0.05) is 5.69 Å². The molecule has 1 aromatic carbocycles. The van der Waals surface area contributed by atoms with Crippen molar-refractivity contribution >= 4 is 22.5 Å². The molecule has 3 aromatic rings. The van der Waals surface area contributed by atoms with Crippen LogP contribution in [0.5, 0.6) is 0 Å². The molecule has 1 N–H and O–H groups in total. The van der Waals surface area contributed by atoms with Crippen molar-refractivity contribution in [1.29, 1.82) is 0 Å². The van der Waals surface area contributed by atoms with Crippen LogP contribution in [0.25, 0.3) is 10.9 Å². The molecular formula is C19H22N4O3. The summed E-state index contributed by atoms with van der Waals surface area (Å²) in [4.78, 5) is 25.6. The maximum Gasteiger partial charge on any atom is 0.297 e. The van der Waals surface area contributed by atoms with Gasteiger partial charge in [-0.25, -0.2) is 4.68 Å². The Balaban J connectivity index is 2.02. The van der Waals surface area contributed by atoms with Crippen molar-refractivity contribution in [3.05, 3.63) is 51.1 Å². The summed E-state index contributed by atoms with van der Waals surface area (Å²) >= 11 is 0. The average Bonchev–Trinajstić information content (AvgIpc) is 2.99. The van der Waals surface area contributed by atoms with E-state index in [4.69, 9.17) is 4.52 Å². The Kier molecular flexibility index (Phi) is 4.63. The third-order valence-corrected chi connectivity index (χ3v) is 4.74. The molecule has 0 fully saturated rings. The number of carbonyl (C=O) groups is 1. The van der Waals surface area contributed by atoms with Crippen molar-refractivity contribution in [2.75, 3.05) is 5.32 Å². The molecule has 0 saturated carbocycles. The number of benzene rings is 1. The minimum Gasteiger partial charge on any atom is -0.360 e. The first-order valence-corrected chi connectivity index (χ1v) is 8.57. The van der Waals surface area contributed by atoms with E-state index < -0.39 is 11.6 Å². The Bertz CT molecular complexity index is 1050. The first kappa shape index (κ1) is 17.8. The van der Waals surface area contributed by atoms with E-state index in [0.717, 1.165) is 16.8 Å². The number of amides is 1. The lowest BCUT2D eigenvalue weighted by Gasteiger charge is -2.18. The molecule has 0 spiro atoms. The van der Waals surface area contributed by atoms with Crippen LogP contribution in [-0.2, 0) is 4.79 Å². The SMILES string of the molecule is CC[C@H](C(=O)Nc1cccc(C)c1C)n1nc(C)c2c(C)onc2c1=O. The van der Waals surface area contributed by atoms with E-state index in [-0.39, 0.29) is 11.4 Å². The Morgan fingerprint density at radius 2 is 2.00 bits per heavy atom. The molecule has 26 heavy (non-hydrogen) atoms. The van der Waals surface area contributed by atoms with Crippen LogP contribution in [0.1, 0.15) is 42.0 Å². The fourth-order valence-corrected chi connectivity index (χ4v) is 3.09. The summed E-state index contributed by atoms with van der Waals surface area (Å²) < 4.78 is 6.33. The van der Waals surface area contributed by atoms with Gasteiger partial charge in [-0.1, -0.05) is 24.2 Å². The number of rotatable bonds is 4. The van der Waals surface area contributed by atoms with Crippen molar-refractivity contribution in [3.8, 4) is 0 Å². The number of hydrogen-bond donors (Lipinski definition) is 1. The first-order chi connectivity index (χ1) is 12.3. The van der Waals surface area contributed by atoms with E-state index in [1.54, 1.807) is 13.8 Å². The standard InChI is InChI=1S/C19H22N4O3/c1-6-15(18(24)20-14-9-7-8-10(2)11(14)3)23-19(25)17-16(12(4)21-23)13(5)26-22-17/h7-9,15H,6H2,1-5H3,(H,20,24)/t15-/m1/s1. The van der Waals surface area contributed by atoms with Gasteiger partial charge in [0.1, 0.15) is 11.8 Å². The van der Waals surface area contributed by atoms with Crippen LogP contribution in [-0.4, -0.2) is 20.8 Å². The highest BCUT2D eigenvalue weighted by Gasteiger charge is 2.25. The molecule has 0 aliphatic rings. The highest BCUT2D eigenvalue weighted by Crippen LogP contribution is 2.22. The predicted octanol–water partition coefficient (Wildman–Crippen LogP) is 3.21. The van der Waals surface area contributed by atoms with E-state index in [9.17, 15) is 9.59 Å². The molecular weight excluding hydrogens is 332 g/mol. The Morgan fingerprint density at radius 1 is 1.27 bits per heavy atom. The summed E-state index contributed by atoms with van der Waals surface area (Å²) in [6, 6.07) is 4.98. The van der Waals surface area contributed by atoms with Gasteiger partial charge in [0.05, 0.1) is 11.1 Å². The molecule has 2 heterocycles. The van der Waals surface area contributed by atoms with E-state index in [2.05, 4.69) is 15.6 Å². The maximum absolute atomic E-state index is 12.9. The van der Waals surface area contributed by atoms with Crippen LogP contribution in [0.2, 0.25) is 0 Å². The van der Waals surface area contributed by atoms with Gasteiger partial charge in [-0.15, -0.1) is 0 Å². The molecule has 1 amide bonds. The quantitative estimate of drug-likeness (QED) is 0.777. The zero-order valence-corrected chi connectivity index (χ0v) is 15.6. The number of aryl methyl sites for hydroxylation is 3. The van der Waals surface area contributed by atoms with Crippen molar-refractivity contribution in [3.63, 3.8) is 0 Å². The first-order valence-electron chi connectivity index (χ1n) is 8.57. The number of aromatic nitrogens is 3. The summed E-state index contributed by atoms with van der Waals surface area (Å²) in [7, 11) is 0. The van der Waals surface area contributed by atoms with Gasteiger partial charge in [-0.2, -0.15) is 5.10 Å². The number of anilines is 1. The van der Waals surface area contributed by atoms with Crippen molar-refractivity contribution in [2.24, 2.45) is 0 Å². The van der Waals surface area contributed by atoms with Crippen LogP contribution in [0.4, 0.5) is 5.69 Å². The van der Waals surface area contributed by atoms with Gasteiger partial charge in [-0.05, 0) is 51.3 Å². The zero-order valence-electron chi connectivity index (χ0n) is 15.6. The fourth-order valence-electron chi connectivity index (χ4n) is 3.09. The Hall–Kier alpha value is -2.96. The molecule has 0 aliphatic heterocycles. The van der Waals surface area contributed by atoms with Crippen molar-refractivity contribution in [1.82, 2.24) is 14.9 Å². The van der Waals surface area contributed by atoms with Gasteiger partial charge in [-0.3, -0.25) is 9.59 Å². The minimum atomic E-state index is -0.734. The second kappa shape index (κ2) is 6.74. The zero-order chi connectivity index (χ0) is 19.0. The Morgan fingerprint density at radius 3 is 2.69 bits per heavy atom. The van der Waals surface area contributed by atoms with Crippen molar-refractivity contribution in [2.45, 2.75) is 47.1 Å². The summed E-state index contributed by atoms with van der Waals surface area (Å²) in [5, 5.41) is 11.7. The summed E-state index contributed by atoms with van der Waals surface area (Å²) in [6.07, 6.45) is 0.422. The number of fused-ring (bicyclic) bond motifs is 1. The number of carbonyl (C=O) groups excluding carboxylic acids is 1. The molecule has 3 rings (SSSR count). The van der Waals surface area contributed by atoms with Crippen LogP contribution in [0.3, 0.4) is 0 Å². The third kappa shape index (κ3) is 2.89. The lowest BCUT2D eigenvalue weighted by atomic mass is 10.1. The monoisotopic (exact) mass is 354 g/mol. The average molecular weight is 354 g/mol. The fraction of sp³-hybridized carbons (Fsp3) is 0.368. The lowest BCUT2D eigenvalue weighted by molar-refractivity contribution is -0.119. The van der Waals surface area contributed by atoms with E-state index in [1.165, 1.54) is 4.68 Å². The van der Waals surface area contributed by atoms with Gasteiger partial charge in [0.2, 0.25) is 5.91 Å². The van der Waals surface area contributed by atoms with E-state index in [1.807, 2.05) is 39.0 Å². The summed E-state index contributed by atoms with van der Waals surface area (Å²) in [5.41, 5.74) is 3.20. The third-order valence-electron chi connectivity index (χ3n) is 4.74. The summed E-state index contributed by atoms with van der Waals surface area (Å²) in [5.74, 6) is 0.261. The summed E-state index contributed by atoms with van der Waals surface area (Å²) in [6.45, 7) is 9.29. The Labute approximate surface area is 151 Å². The van der Waals surface area contributed by atoms with Crippen LogP contribution in [0.15, 0.2) is 27.5 Å². The number of nitrogens with zero attached hydrogens (tertiary/aromatic N) is 3. The second-order valence-corrected chi connectivity index (χ2v) is 6.46. The van der Waals surface area contributed by atoms with Gasteiger partial charge in [0.25, 0.3) is 5.56 Å². The molecule has 136 valence electrons. The number of hydrogen-bond acceptors (Lipinski definition) is 5. The predicted molar refractivity (Wildman–Crippen MR) is 99.4 cm³/mol. The molecule has 7 heteroatoms. The smallest absolute Gasteiger partial charge is 0.297 e. The highest BCUT2D eigenvalue weighted by molar-refractivity contribution is 5.94. The van der Waals surface area contributed by atoms with Crippen LogP contribution < -0.4 is 10.9 Å². The van der Waals surface area contributed by atoms with Crippen LogP contribution >= 0.6 is 0 Å². The van der Waals surface area contributed by atoms with Gasteiger partial charge in [0.15, 0.2) is 5.52 Å². The van der Waals surface area contributed by atoms with Crippen molar-refractivity contribution < 1.29 is 9.32 Å². The normalized spacial score (nSPS) is 12.3. The molecule has 0 bridgehead atoms. The molecule has 0 radical (unpaired) electrons. The van der Waals surface area contributed by atoms with E-state index >= 15 is 0 Å².